The number of thiazole rings is 1. The van der Waals surface area contributed by atoms with Crippen LogP contribution in [0, 0.1) is 12.3 Å². The van der Waals surface area contributed by atoms with Crippen LogP contribution in [0.3, 0.4) is 0 Å². The summed E-state index contributed by atoms with van der Waals surface area (Å²) in [5.41, 5.74) is 2.62. The minimum Gasteiger partial charge on any atom is -0.466 e. The van der Waals surface area contributed by atoms with Crippen LogP contribution in [0.5, 0.6) is 0 Å². The first-order valence-electron chi connectivity index (χ1n) is 9.06. The molecule has 2 heterocycles. The van der Waals surface area contributed by atoms with Crippen molar-refractivity contribution in [3.8, 4) is 0 Å². The first-order chi connectivity index (χ1) is 12.9. The van der Waals surface area contributed by atoms with Crippen molar-refractivity contribution in [3.05, 3.63) is 50.9 Å². The highest BCUT2D eigenvalue weighted by atomic mass is 35.5. The number of aromatic nitrogens is 1. The van der Waals surface area contributed by atoms with E-state index in [2.05, 4.69) is 4.98 Å². The number of esters is 1. The van der Waals surface area contributed by atoms with Crippen LogP contribution in [0.1, 0.15) is 40.7 Å². The highest BCUT2D eigenvalue weighted by Crippen LogP contribution is 2.36. The van der Waals surface area contributed by atoms with Crippen LogP contribution >= 0.6 is 22.9 Å². The van der Waals surface area contributed by atoms with Gasteiger partial charge in [0.1, 0.15) is 4.88 Å². The van der Waals surface area contributed by atoms with Gasteiger partial charge < -0.3 is 9.64 Å². The molecule has 3 rings (SSSR count). The molecule has 1 aliphatic rings. The van der Waals surface area contributed by atoms with E-state index in [1.807, 2.05) is 31.2 Å². The van der Waals surface area contributed by atoms with Crippen LogP contribution in [-0.4, -0.2) is 41.5 Å². The second-order valence-electron chi connectivity index (χ2n) is 6.90. The number of amides is 1. The van der Waals surface area contributed by atoms with Crippen LogP contribution < -0.4 is 0 Å². The second kappa shape index (κ2) is 8.40. The predicted octanol–water partition coefficient (Wildman–Crippen LogP) is 4.13. The molecule has 7 heteroatoms. The minimum atomic E-state index is -0.757. The lowest BCUT2D eigenvalue weighted by Crippen LogP contribution is -2.51. The van der Waals surface area contributed by atoms with E-state index in [4.69, 9.17) is 16.3 Å². The molecule has 0 spiro atoms. The Labute approximate surface area is 168 Å². The summed E-state index contributed by atoms with van der Waals surface area (Å²) in [7, 11) is 0. The van der Waals surface area contributed by atoms with Crippen molar-refractivity contribution in [2.45, 2.75) is 33.1 Å². The van der Waals surface area contributed by atoms with E-state index in [1.54, 1.807) is 17.3 Å². The van der Waals surface area contributed by atoms with Gasteiger partial charge in [-0.3, -0.25) is 9.59 Å². The molecule has 1 aromatic heterocycles. The van der Waals surface area contributed by atoms with Crippen LogP contribution in [0.4, 0.5) is 0 Å². The fraction of sp³-hybridized carbons (Fsp3) is 0.450. The van der Waals surface area contributed by atoms with E-state index >= 15 is 0 Å². The van der Waals surface area contributed by atoms with Crippen LogP contribution in [0.25, 0.3) is 0 Å². The molecule has 0 N–H and O–H groups in total. The van der Waals surface area contributed by atoms with Crippen molar-refractivity contribution in [1.29, 1.82) is 0 Å². The number of carbonyl (C=O) groups is 2. The van der Waals surface area contributed by atoms with Gasteiger partial charge in [0.25, 0.3) is 5.91 Å². The molecule has 1 atom stereocenters. The molecule has 5 nitrogen and oxygen atoms in total. The largest absolute Gasteiger partial charge is 0.466 e. The smallest absolute Gasteiger partial charge is 0.314 e. The zero-order chi connectivity index (χ0) is 19.4. The number of ether oxygens (including phenoxy) is 1. The zero-order valence-electron chi connectivity index (χ0n) is 15.5. The van der Waals surface area contributed by atoms with Gasteiger partial charge in [0, 0.05) is 18.1 Å². The average molecular weight is 407 g/mol. The Hall–Kier alpha value is -1.92. The zero-order valence-corrected chi connectivity index (χ0v) is 17.1. The molecule has 0 aliphatic carbocycles. The lowest BCUT2D eigenvalue weighted by atomic mass is 9.75. The third-order valence-electron chi connectivity index (χ3n) is 4.94. The van der Waals surface area contributed by atoms with Crippen molar-refractivity contribution in [3.63, 3.8) is 0 Å². The number of likely N-dealkylation sites (tertiary alicyclic amines) is 1. The SMILES string of the molecule is CCOC(=O)[C@@]1(Cc2cccc(Cl)c2)CCCN(C(=O)c2scnc2C)C1. The molecular weight excluding hydrogens is 384 g/mol. The first kappa shape index (κ1) is 19.8. The molecule has 1 aliphatic heterocycles. The van der Waals surface area contributed by atoms with Gasteiger partial charge in [-0.05, 0) is 50.8 Å². The monoisotopic (exact) mass is 406 g/mol. The van der Waals surface area contributed by atoms with E-state index in [0.29, 0.717) is 42.4 Å². The van der Waals surface area contributed by atoms with E-state index in [1.165, 1.54) is 11.3 Å². The van der Waals surface area contributed by atoms with E-state index in [9.17, 15) is 9.59 Å². The quantitative estimate of drug-likeness (QED) is 0.700. The number of piperidine rings is 1. The predicted molar refractivity (Wildman–Crippen MR) is 106 cm³/mol. The molecule has 144 valence electrons. The standard InChI is InChI=1S/C20H23ClN2O3S/c1-3-26-19(25)20(11-15-6-4-7-16(21)10-15)8-5-9-23(12-20)18(24)17-14(2)22-13-27-17/h4,6-7,10,13H,3,5,8-9,11-12H2,1-2H3/t20-/m1/s1. The van der Waals surface area contributed by atoms with Gasteiger partial charge >= 0.3 is 5.97 Å². The highest BCUT2D eigenvalue weighted by molar-refractivity contribution is 7.11. The Morgan fingerprint density at radius 3 is 2.89 bits per heavy atom. The van der Waals surface area contributed by atoms with E-state index in [0.717, 1.165) is 17.7 Å². The second-order valence-corrected chi connectivity index (χ2v) is 8.20. The van der Waals surface area contributed by atoms with Gasteiger partial charge in [0.2, 0.25) is 0 Å². The minimum absolute atomic E-state index is 0.0607. The Balaban J connectivity index is 1.89. The van der Waals surface area contributed by atoms with Gasteiger partial charge in [-0.15, -0.1) is 11.3 Å². The number of rotatable bonds is 5. The summed E-state index contributed by atoms with van der Waals surface area (Å²) in [6, 6.07) is 7.52. The Morgan fingerprint density at radius 2 is 2.22 bits per heavy atom. The maximum absolute atomic E-state index is 13.0. The van der Waals surface area contributed by atoms with E-state index < -0.39 is 5.41 Å². The number of carbonyl (C=O) groups excluding carboxylic acids is 2. The molecule has 2 aromatic rings. The fourth-order valence-electron chi connectivity index (χ4n) is 3.66. The summed E-state index contributed by atoms with van der Waals surface area (Å²) < 4.78 is 5.41. The summed E-state index contributed by atoms with van der Waals surface area (Å²) in [5, 5.41) is 0.635. The number of halogens is 1. The molecule has 1 amide bonds. The molecular formula is C20H23ClN2O3S. The van der Waals surface area contributed by atoms with Gasteiger partial charge in [-0.2, -0.15) is 0 Å². The molecule has 0 radical (unpaired) electrons. The first-order valence-corrected chi connectivity index (χ1v) is 10.3. The lowest BCUT2D eigenvalue weighted by molar-refractivity contribution is -0.158. The molecule has 27 heavy (non-hydrogen) atoms. The van der Waals surface area contributed by atoms with Crippen LogP contribution in [0.15, 0.2) is 29.8 Å². The molecule has 0 saturated carbocycles. The number of hydrogen-bond donors (Lipinski definition) is 0. The molecule has 1 saturated heterocycles. The Kier molecular flexibility index (Phi) is 6.17. The third-order valence-corrected chi connectivity index (χ3v) is 6.10. The average Bonchev–Trinajstić information content (AvgIpc) is 3.07. The summed E-state index contributed by atoms with van der Waals surface area (Å²) in [5.74, 6) is -0.307. The van der Waals surface area contributed by atoms with Gasteiger partial charge in [-0.25, -0.2) is 4.98 Å². The highest BCUT2D eigenvalue weighted by Gasteiger charge is 2.45. The normalized spacial score (nSPS) is 19.7. The molecule has 1 aromatic carbocycles. The van der Waals surface area contributed by atoms with Crippen LogP contribution in [0.2, 0.25) is 5.02 Å². The maximum Gasteiger partial charge on any atom is 0.314 e. The van der Waals surface area contributed by atoms with Crippen molar-refractivity contribution in [2.24, 2.45) is 5.41 Å². The number of aryl methyl sites for hydroxylation is 1. The molecule has 0 unspecified atom stereocenters. The number of benzene rings is 1. The number of nitrogens with zero attached hydrogens (tertiary/aromatic N) is 2. The van der Waals surface area contributed by atoms with E-state index in [-0.39, 0.29) is 11.9 Å². The van der Waals surface area contributed by atoms with Crippen molar-refractivity contribution in [1.82, 2.24) is 9.88 Å². The summed E-state index contributed by atoms with van der Waals surface area (Å²) in [6.45, 7) is 4.93. The van der Waals surface area contributed by atoms with Crippen molar-refractivity contribution >= 4 is 34.8 Å². The van der Waals surface area contributed by atoms with Crippen molar-refractivity contribution in [2.75, 3.05) is 19.7 Å². The lowest BCUT2D eigenvalue weighted by Gasteiger charge is -2.41. The van der Waals surface area contributed by atoms with Crippen molar-refractivity contribution < 1.29 is 14.3 Å². The van der Waals surface area contributed by atoms with Gasteiger partial charge in [0.05, 0.1) is 23.2 Å². The fourth-order valence-corrected chi connectivity index (χ4v) is 4.64. The Morgan fingerprint density at radius 1 is 1.41 bits per heavy atom. The summed E-state index contributed by atoms with van der Waals surface area (Å²) in [6.07, 6.45) is 1.94. The maximum atomic E-state index is 13.0. The molecule has 1 fully saturated rings. The Bertz CT molecular complexity index is 838. The van der Waals surface area contributed by atoms with Gasteiger partial charge in [0.15, 0.2) is 0 Å². The molecule has 0 bridgehead atoms. The van der Waals surface area contributed by atoms with Crippen LogP contribution in [-0.2, 0) is 16.0 Å². The third kappa shape index (κ3) is 4.33. The summed E-state index contributed by atoms with van der Waals surface area (Å²) in [4.78, 5) is 32.5. The van der Waals surface area contributed by atoms with Gasteiger partial charge in [-0.1, -0.05) is 23.7 Å². The number of hydrogen-bond acceptors (Lipinski definition) is 5. The topological polar surface area (TPSA) is 59.5 Å². The summed E-state index contributed by atoms with van der Waals surface area (Å²) >= 11 is 7.47.